The Balaban J connectivity index is 2.11. The summed E-state index contributed by atoms with van der Waals surface area (Å²) in [5.41, 5.74) is 4.65. The van der Waals surface area contributed by atoms with Gasteiger partial charge in [0.2, 0.25) is 0 Å². The molecule has 0 atom stereocenters. The first-order chi connectivity index (χ1) is 10.4. The zero-order chi connectivity index (χ0) is 16.3. The van der Waals surface area contributed by atoms with Crippen molar-refractivity contribution in [3.8, 4) is 5.75 Å². The predicted octanol–water partition coefficient (Wildman–Crippen LogP) is 6.01. The largest absolute Gasteiger partial charge is 0.488 e. The van der Waals surface area contributed by atoms with Gasteiger partial charge in [0.15, 0.2) is 5.75 Å². The van der Waals surface area contributed by atoms with E-state index in [0.717, 1.165) is 11.3 Å². The van der Waals surface area contributed by atoms with Crippen LogP contribution >= 0.6 is 23.2 Å². The molecule has 0 bridgehead atoms. The van der Waals surface area contributed by atoms with Gasteiger partial charge in [0.05, 0.1) is 16.1 Å². The molecule has 0 saturated heterocycles. The Labute approximate surface area is 142 Å². The minimum absolute atomic E-state index is 0.0366. The van der Waals surface area contributed by atoms with Crippen molar-refractivity contribution in [2.24, 2.45) is 0 Å². The zero-order valence-electron chi connectivity index (χ0n) is 13.3. The molecule has 0 unspecified atom stereocenters. The second-order valence-corrected chi connectivity index (χ2v) is 6.52. The molecule has 1 N–H and O–H groups in total. The molecule has 0 spiro atoms. The number of hydrogen-bond acceptors (Lipinski definition) is 2. The van der Waals surface area contributed by atoms with Gasteiger partial charge in [-0.2, -0.15) is 0 Å². The molecule has 22 heavy (non-hydrogen) atoms. The summed E-state index contributed by atoms with van der Waals surface area (Å²) in [6.45, 7) is 8.76. The normalized spacial score (nSPS) is 10.9. The molecule has 0 fully saturated rings. The van der Waals surface area contributed by atoms with E-state index in [0.29, 0.717) is 22.3 Å². The zero-order valence-corrected chi connectivity index (χ0v) is 14.8. The van der Waals surface area contributed by atoms with Crippen molar-refractivity contribution < 1.29 is 4.74 Å². The van der Waals surface area contributed by atoms with Gasteiger partial charge in [-0.3, -0.25) is 0 Å². The summed E-state index contributed by atoms with van der Waals surface area (Å²) in [4.78, 5) is 0. The van der Waals surface area contributed by atoms with Crippen molar-refractivity contribution in [3.63, 3.8) is 0 Å². The van der Waals surface area contributed by atoms with Crippen LogP contribution in [0.15, 0.2) is 30.3 Å². The average molecular weight is 338 g/mol. The topological polar surface area (TPSA) is 21.3 Å². The van der Waals surface area contributed by atoms with Gasteiger partial charge in [0.25, 0.3) is 0 Å². The fourth-order valence-corrected chi connectivity index (χ4v) is 2.74. The molecule has 2 nitrogen and oxygen atoms in total. The van der Waals surface area contributed by atoms with E-state index in [1.54, 1.807) is 0 Å². The minimum Gasteiger partial charge on any atom is -0.488 e. The van der Waals surface area contributed by atoms with Crippen molar-refractivity contribution in [2.75, 3.05) is 5.32 Å². The molecule has 0 heterocycles. The molecule has 4 heteroatoms. The number of nitrogens with one attached hydrogen (secondary N) is 1. The second kappa shape index (κ2) is 7.26. The van der Waals surface area contributed by atoms with Crippen LogP contribution in [0.5, 0.6) is 5.75 Å². The number of rotatable bonds is 5. The summed E-state index contributed by atoms with van der Waals surface area (Å²) in [5, 5.41) is 4.47. The Hall–Kier alpha value is -1.38. The quantitative estimate of drug-likeness (QED) is 0.721. The van der Waals surface area contributed by atoms with Crippen LogP contribution in [-0.4, -0.2) is 6.10 Å². The van der Waals surface area contributed by atoms with Crippen LogP contribution in [0.3, 0.4) is 0 Å². The Bertz CT molecular complexity index is 645. The molecule has 2 aromatic rings. The monoisotopic (exact) mass is 337 g/mol. The average Bonchev–Trinajstić information content (AvgIpc) is 2.44. The van der Waals surface area contributed by atoms with Gasteiger partial charge in [-0.05, 0) is 68.7 Å². The number of anilines is 1. The van der Waals surface area contributed by atoms with E-state index in [9.17, 15) is 0 Å². The van der Waals surface area contributed by atoms with Gasteiger partial charge >= 0.3 is 0 Å². The van der Waals surface area contributed by atoms with Crippen molar-refractivity contribution in [2.45, 2.75) is 40.3 Å². The number of hydrogen-bond donors (Lipinski definition) is 1. The van der Waals surface area contributed by atoms with Crippen molar-refractivity contribution >= 4 is 28.9 Å². The molecule has 118 valence electrons. The summed E-state index contributed by atoms with van der Waals surface area (Å²) in [5.74, 6) is 0.549. The number of benzene rings is 2. The van der Waals surface area contributed by atoms with E-state index in [1.165, 1.54) is 11.1 Å². The molecule has 0 amide bonds. The molecule has 0 saturated carbocycles. The van der Waals surface area contributed by atoms with Crippen LogP contribution in [0.25, 0.3) is 0 Å². The molecule has 0 radical (unpaired) electrons. The fourth-order valence-electron chi connectivity index (χ4n) is 2.12. The molecule has 0 aliphatic rings. The second-order valence-electron chi connectivity index (χ2n) is 5.71. The van der Waals surface area contributed by atoms with Crippen molar-refractivity contribution in [1.29, 1.82) is 0 Å². The van der Waals surface area contributed by atoms with Crippen LogP contribution in [0.2, 0.25) is 10.0 Å². The Kier molecular flexibility index (Phi) is 5.60. The molecule has 2 aromatic carbocycles. The molecular formula is C18H21Cl2NO. The third-order valence-electron chi connectivity index (χ3n) is 3.42. The Morgan fingerprint density at radius 1 is 1.00 bits per heavy atom. The maximum Gasteiger partial charge on any atom is 0.156 e. The minimum atomic E-state index is 0.0366. The van der Waals surface area contributed by atoms with E-state index in [-0.39, 0.29) is 6.10 Å². The lowest BCUT2D eigenvalue weighted by Gasteiger charge is -2.15. The third-order valence-corrected chi connectivity index (χ3v) is 3.98. The summed E-state index contributed by atoms with van der Waals surface area (Å²) in [7, 11) is 0. The predicted molar refractivity (Wildman–Crippen MR) is 95.5 cm³/mol. The highest BCUT2D eigenvalue weighted by atomic mass is 35.5. The van der Waals surface area contributed by atoms with Crippen molar-refractivity contribution in [1.82, 2.24) is 0 Å². The molecule has 0 aromatic heterocycles. The van der Waals surface area contributed by atoms with E-state index in [2.05, 4.69) is 37.4 Å². The van der Waals surface area contributed by atoms with E-state index < -0.39 is 0 Å². The van der Waals surface area contributed by atoms with Gasteiger partial charge in [-0.15, -0.1) is 0 Å². The van der Waals surface area contributed by atoms with Gasteiger partial charge in [0, 0.05) is 12.2 Å². The van der Waals surface area contributed by atoms with E-state index >= 15 is 0 Å². The van der Waals surface area contributed by atoms with Crippen molar-refractivity contribution in [3.05, 3.63) is 57.1 Å². The maximum absolute atomic E-state index is 6.27. The molecular weight excluding hydrogens is 317 g/mol. The highest BCUT2D eigenvalue weighted by molar-refractivity contribution is 6.37. The lowest BCUT2D eigenvalue weighted by molar-refractivity contribution is 0.242. The standard InChI is InChI=1S/C18H21Cl2NO/c1-11(2)22-18-16(19)8-14(9-17(18)20)10-21-15-6-5-12(3)13(4)7-15/h5-9,11,21H,10H2,1-4H3. The lowest BCUT2D eigenvalue weighted by atomic mass is 10.1. The summed E-state index contributed by atoms with van der Waals surface area (Å²) < 4.78 is 5.64. The number of halogens is 2. The summed E-state index contributed by atoms with van der Waals surface area (Å²) in [6, 6.07) is 10.1. The lowest BCUT2D eigenvalue weighted by Crippen LogP contribution is -2.07. The summed E-state index contributed by atoms with van der Waals surface area (Å²) in [6.07, 6.45) is 0.0366. The van der Waals surface area contributed by atoms with Crippen LogP contribution < -0.4 is 10.1 Å². The van der Waals surface area contributed by atoms with Gasteiger partial charge < -0.3 is 10.1 Å². The summed E-state index contributed by atoms with van der Waals surface area (Å²) >= 11 is 12.5. The SMILES string of the molecule is Cc1ccc(NCc2cc(Cl)c(OC(C)C)c(Cl)c2)cc1C. The van der Waals surface area contributed by atoms with Gasteiger partial charge in [-0.25, -0.2) is 0 Å². The highest BCUT2D eigenvalue weighted by Gasteiger charge is 2.11. The molecule has 2 rings (SSSR count). The Morgan fingerprint density at radius 3 is 2.18 bits per heavy atom. The third kappa shape index (κ3) is 4.31. The van der Waals surface area contributed by atoms with Crippen LogP contribution in [0.4, 0.5) is 5.69 Å². The molecule has 0 aliphatic heterocycles. The first-order valence-electron chi connectivity index (χ1n) is 7.32. The highest BCUT2D eigenvalue weighted by Crippen LogP contribution is 2.35. The van der Waals surface area contributed by atoms with Crippen LogP contribution in [-0.2, 0) is 6.54 Å². The first-order valence-corrected chi connectivity index (χ1v) is 8.08. The van der Waals surface area contributed by atoms with Crippen LogP contribution in [0, 0.1) is 13.8 Å². The van der Waals surface area contributed by atoms with E-state index in [1.807, 2.05) is 26.0 Å². The van der Waals surface area contributed by atoms with Crippen LogP contribution in [0.1, 0.15) is 30.5 Å². The van der Waals surface area contributed by atoms with Gasteiger partial charge in [-0.1, -0.05) is 29.3 Å². The number of ether oxygens (including phenoxy) is 1. The number of aryl methyl sites for hydroxylation is 2. The maximum atomic E-state index is 6.27. The fraction of sp³-hybridized carbons (Fsp3) is 0.333. The van der Waals surface area contributed by atoms with Gasteiger partial charge in [0.1, 0.15) is 0 Å². The molecule has 0 aliphatic carbocycles. The van der Waals surface area contributed by atoms with E-state index in [4.69, 9.17) is 27.9 Å². The Morgan fingerprint density at radius 2 is 1.64 bits per heavy atom. The smallest absolute Gasteiger partial charge is 0.156 e. The first kappa shape index (κ1) is 17.0.